The molecule has 0 unspecified atom stereocenters. The first kappa shape index (κ1) is 29.5. The van der Waals surface area contributed by atoms with Crippen molar-refractivity contribution in [3.8, 4) is 0 Å². The maximum Gasteiger partial charge on any atom is 0.373 e. The molecule has 0 saturated heterocycles. The molecule has 0 heterocycles. The quantitative estimate of drug-likeness (QED) is 0.0899. The molecule has 0 N–H and O–H groups in total. The van der Waals surface area contributed by atoms with E-state index in [-0.39, 0.29) is 0 Å². The lowest BCUT2D eigenvalue weighted by atomic mass is 10.1. The Morgan fingerprint density at radius 2 is 0.972 bits per heavy atom. The summed E-state index contributed by atoms with van der Waals surface area (Å²) in [6.45, 7) is 6.42. The average Bonchev–Trinajstić information content (AvgIpc) is 2.90. The molecule has 0 aliphatic rings. The summed E-state index contributed by atoms with van der Waals surface area (Å²) in [6.07, 6.45) is 11.1. The Morgan fingerprint density at radius 3 is 1.36 bits per heavy atom. The topological polar surface area (TPSA) is 71.1 Å². The van der Waals surface area contributed by atoms with Crippen LogP contribution in [0, 0.1) is 0 Å². The van der Waals surface area contributed by atoms with E-state index in [1.54, 1.807) is 24.3 Å². The van der Waals surface area contributed by atoms with Crippen molar-refractivity contribution in [2.24, 2.45) is 0 Å². The van der Waals surface area contributed by atoms with E-state index in [1.165, 1.54) is 36.8 Å². The Bertz CT molecular complexity index is 806. The molecule has 6 heteroatoms. The third-order valence-electron chi connectivity index (χ3n) is 6.02. The van der Waals surface area contributed by atoms with Crippen molar-refractivity contribution in [1.82, 2.24) is 0 Å². The van der Waals surface area contributed by atoms with Gasteiger partial charge in [0.15, 0.2) is 0 Å². The van der Waals surface area contributed by atoms with Crippen LogP contribution in [0.15, 0.2) is 48.5 Å². The van der Waals surface area contributed by atoms with E-state index < -0.39 is 18.2 Å². The van der Waals surface area contributed by atoms with Gasteiger partial charge in [-0.3, -0.25) is 9.78 Å². The zero-order valence-electron chi connectivity index (χ0n) is 22.1. The molecular weight excluding hydrogens is 456 g/mol. The molecule has 0 saturated carbocycles. The van der Waals surface area contributed by atoms with Gasteiger partial charge in [0.25, 0.3) is 0 Å². The van der Waals surface area contributed by atoms with Gasteiger partial charge in [-0.25, -0.2) is 9.59 Å². The Balaban J connectivity index is 1.85. The van der Waals surface area contributed by atoms with Crippen molar-refractivity contribution in [3.05, 3.63) is 70.8 Å². The van der Waals surface area contributed by atoms with Gasteiger partial charge in [0.2, 0.25) is 6.29 Å². The molecule has 0 fully saturated rings. The molecule has 2 rings (SSSR count). The minimum Gasteiger partial charge on any atom is -0.290 e. The van der Waals surface area contributed by atoms with Crippen molar-refractivity contribution < 1.29 is 29.1 Å². The van der Waals surface area contributed by atoms with Crippen LogP contribution in [0.4, 0.5) is 0 Å². The molecule has 0 radical (unpaired) electrons. The lowest BCUT2D eigenvalue weighted by molar-refractivity contribution is -0.421. The van der Waals surface area contributed by atoms with Crippen LogP contribution in [0.1, 0.15) is 117 Å². The molecule has 198 valence electrons. The summed E-state index contributed by atoms with van der Waals surface area (Å²) in [7, 11) is 0. The highest BCUT2D eigenvalue weighted by atomic mass is 17.3. The van der Waals surface area contributed by atoms with Gasteiger partial charge in [-0.1, -0.05) is 83.6 Å². The van der Waals surface area contributed by atoms with Gasteiger partial charge < -0.3 is 0 Å². The third kappa shape index (κ3) is 11.4. The molecule has 0 bridgehead atoms. The number of rotatable bonds is 18. The van der Waals surface area contributed by atoms with Gasteiger partial charge in [0, 0.05) is 6.42 Å². The van der Waals surface area contributed by atoms with E-state index in [4.69, 9.17) is 19.6 Å². The molecule has 0 spiro atoms. The minimum absolute atomic E-state index is 0.387. The molecule has 0 amide bonds. The molecule has 2 aromatic carbocycles. The van der Waals surface area contributed by atoms with Crippen LogP contribution in [-0.2, 0) is 32.4 Å². The molecule has 6 nitrogen and oxygen atoms in total. The Morgan fingerprint density at radius 1 is 0.583 bits per heavy atom. The predicted molar refractivity (Wildman–Crippen MR) is 140 cm³/mol. The number of carbonyl (C=O) groups is 2. The monoisotopic (exact) mass is 498 g/mol. The van der Waals surface area contributed by atoms with E-state index in [1.807, 2.05) is 24.3 Å². The molecular formula is C30H42O6. The molecule has 0 aliphatic carbocycles. The predicted octanol–water partition coefficient (Wildman–Crippen LogP) is 7.94. The summed E-state index contributed by atoms with van der Waals surface area (Å²) in [4.78, 5) is 45.3. The van der Waals surface area contributed by atoms with E-state index in [9.17, 15) is 9.59 Å². The Hall–Kier alpha value is -2.70. The zero-order chi connectivity index (χ0) is 26.0. The highest BCUT2D eigenvalue weighted by Gasteiger charge is 2.19. The first-order valence-corrected chi connectivity index (χ1v) is 13.5. The minimum atomic E-state index is -1.01. The number of unbranched alkanes of at least 4 members (excludes halogenated alkanes) is 6. The van der Waals surface area contributed by atoms with Crippen LogP contribution in [0.25, 0.3) is 0 Å². The highest BCUT2D eigenvalue weighted by molar-refractivity contribution is 5.89. The van der Waals surface area contributed by atoms with Gasteiger partial charge in [0.1, 0.15) is 0 Å². The molecule has 36 heavy (non-hydrogen) atoms. The van der Waals surface area contributed by atoms with Crippen molar-refractivity contribution >= 4 is 11.9 Å². The fraction of sp³-hybridized carbons (Fsp3) is 0.533. The SMILES string of the molecule is CCCCCc1ccc(C(=O)OOC(CCCCC)OOC(=O)c2ccc(CCCCC)cc2)cc1. The van der Waals surface area contributed by atoms with Crippen molar-refractivity contribution in [1.29, 1.82) is 0 Å². The zero-order valence-corrected chi connectivity index (χ0v) is 22.1. The second kappa shape index (κ2) is 17.7. The maximum absolute atomic E-state index is 12.4. The van der Waals surface area contributed by atoms with Gasteiger partial charge >= 0.3 is 11.9 Å². The lowest BCUT2D eigenvalue weighted by Gasteiger charge is -2.15. The van der Waals surface area contributed by atoms with Crippen LogP contribution in [0.5, 0.6) is 0 Å². The van der Waals surface area contributed by atoms with Crippen molar-refractivity contribution in [2.45, 2.75) is 104 Å². The lowest BCUT2D eigenvalue weighted by Crippen LogP contribution is -2.22. The standard InChI is InChI=1S/C30H42O6/c1-4-7-10-13-24-16-20-26(21-17-24)29(31)35-33-28(15-12-9-6-3)34-36-30(32)27-22-18-25(19-23-27)14-11-8-5-2/h16-23,28H,4-15H2,1-3H3. The smallest absolute Gasteiger partial charge is 0.290 e. The van der Waals surface area contributed by atoms with E-state index in [2.05, 4.69) is 20.8 Å². The van der Waals surface area contributed by atoms with E-state index >= 15 is 0 Å². The summed E-state index contributed by atoms with van der Waals surface area (Å²) in [5.41, 5.74) is 3.14. The number of hydrogen-bond donors (Lipinski definition) is 0. The third-order valence-corrected chi connectivity index (χ3v) is 6.02. The Kier molecular flexibility index (Phi) is 14.5. The van der Waals surface area contributed by atoms with E-state index in [0.717, 1.165) is 44.9 Å². The second-order valence-electron chi connectivity index (χ2n) is 9.17. The van der Waals surface area contributed by atoms with Crippen LogP contribution in [-0.4, -0.2) is 18.2 Å². The largest absolute Gasteiger partial charge is 0.373 e. The number of aryl methyl sites for hydroxylation is 2. The molecule has 2 aromatic rings. The fourth-order valence-electron chi connectivity index (χ4n) is 3.74. The normalized spacial score (nSPS) is 11.0. The summed E-state index contributed by atoms with van der Waals surface area (Å²) < 4.78 is 0. The van der Waals surface area contributed by atoms with Gasteiger partial charge in [-0.05, 0) is 67.5 Å². The van der Waals surface area contributed by atoms with Crippen molar-refractivity contribution in [2.75, 3.05) is 0 Å². The number of carbonyl (C=O) groups excluding carboxylic acids is 2. The summed E-state index contributed by atoms with van der Waals surface area (Å²) in [5, 5.41) is 0. The van der Waals surface area contributed by atoms with Crippen LogP contribution in [0.3, 0.4) is 0 Å². The number of hydrogen-bond acceptors (Lipinski definition) is 6. The van der Waals surface area contributed by atoms with Gasteiger partial charge in [0.05, 0.1) is 11.1 Å². The molecule has 0 aliphatic heterocycles. The summed E-state index contributed by atoms with van der Waals surface area (Å²) in [6, 6.07) is 14.6. The first-order valence-electron chi connectivity index (χ1n) is 13.5. The van der Waals surface area contributed by atoms with Crippen LogP contribution < -0.4 is 0 Å². The summed E-state index contributed by atoms with van der Waals surface area (Å²) >= 11 is 0. The summed E-state index contributed by atoms with van der Waals surface area (Å²) in [5.74, 6) is -1.24. The number of benzene rings is 2. The molecule has 0 aromatic heterocycles. The Labute approximate surface area is 216 Å². The fourth-order valence-corrected chi connectivity index (χ4v) is 3.74. The van der Waals surface area contributed by atoms with Crippen molar-refractivity contribution in [3.63, 3.8) is 0 Å². The first-order chi connectivity index (χ1) is 17.6. The van der Waals surface area contributed by atoms with Gasteiger partial charge in [-0.2, -0.15) is 0 Å². The van der Waals surface area contributed by atoms with E-state index in [0.29, 0.717) is 17.5 Å². The van der Waals surface area contributed by atoms with Crippen LogP contribution >= 0.6 is 0 Å². The highest BCUT2D eigenvalue weighted by Crippen LogP contribution is 2.15. The second-order valence-corrected chi connectivity index (χ2v) is 9.17. The average molecular weight is 499 g/mol. The van der Waals surface area contributed by atoms with Gasteiger partial charge in [-0.15, -0.1) is 9.78 Å². The maximum atomic E-state index is 12.4. The molecule has 0 atom stereocenters. The van der Waals surface area contributed by atoms with Crippen LogP contribution in [0.2, 0.25) is 0 Å².